The maximum atomic E-state index is 12.0. The summed E-state index contributed by atoms with van der Waals surface area (Å²) in [7, 11) is 0. The van der Waals surface area contributed by atoms with Crippen molar-refractivity contribution in [3.63, 3.8) is 0 Å². The van der Waals surface area contributed by atoms with Gasteiger partial charge in [-0.3, -0.25) is 4.90 Å². The maximum Gasteiger partial charge on any atom is 0.410 e. The van der Waals surface area contributed by atoms with Gasteiger partial charge in [0, 0.05) is 0 Å². The van der Waals surface area contributed by atoms with E-state index >= 15 is 0 Å². The molecule has 2 bridgehead atoms. The Morgan fingerprint density at radius 2 is 2.18 bits per heavy atom. The molecule has 0 aromatic heterocycles. The van der Waals surface area contributed by atoms with Crippen LogP contribution in [0.4, 0.5) is 4.79 Å². The number of hydrogen-bond donors (Lipinski definition) is 0. The predicted molar refractivity (Wildman–Crippen MR) is 64.8 cm³/mol. The summed E-state index contributed by atoms with van der Waals surface area (Å²) in [6.45, 7) is 4.43. The fourth-order valence-corrected chi connectivity index (χ4v) is 3.30. The van der Waals surface area contributed by atoms with Crippen molar-refractivity contribution in [1.82, 2.24) is 4.90 Å². The highest BCUT2D eigenvalue weighted by molar-refractivity contribution is 5.72. The standard InChI is InChI=1S/C14H17NO2/c1-3-17-14(16)15-11-7-8-12(15)13-9(2)5-4-6-10(11)13/h4-6,11-12H,3,7-8H2,1-2H3/t11-,12+/m1/s1. The Morgan fingerprint density at radius 3 is 2.88 bits per heavy atom. The molecule has 0 radical (unpaired) electrons. The Morgan fingerprint density at radius 1 is 1.41 bits per heavy atom. The second-order valence-corrected chi connectivity index (χ2v) is 4.79. The highest BCUT2D eigenvalue weighted by Gasteiger charge is 2.47. The Labute approximate surface area is 101 Å². The molecule has 2 heterocycles. The lowest BCUT2D eigenvalue weighted by molar-refractivity contribution is 0.0945. The van der Waals surface area contributed by atoms with Crippen LogP contribution in [0.25, 0.3) is 0 Å². The van der Waals surface area contributed by atoms with Gasteiger partial charge in [0.15, 0.2) is 0 Å². The predicted octanol–water partition coefficient (Wildman–Crippen LogP) is 3.34. The summed E-state index contributed by atoms with van der Waals surface area (Å²) in [6, 6.07) is 6.85. The summed E-state index contributed by atoms with van der Waals surface area (Å²) in [6.07, 6.45) is 1.98. The highest BCUT2D eigenvalue weighted by atomic mass is 16.6. The number of carbonyl (C=O) groups excluding carboxylic acids is 1. The summed E-state index contributed by atoms with van der Waals surface area (Å²) < 4.78 is 5.16. The summed E-state index contributed by atoms with van der Waals surface area (Å²) in [4.78, 5) is 13.9. The summed E-state index contributed by atoms with van der Waals surface area (Å²) in [5.74, 6) is 0. The van der Waals surface area contributed by atoms with Crippen LogP contribution in [0.1, 0.15) is 48.5 Å². The van der Waals surface area contributed by atoms with Gasteiger partial charge in [-0.1, -0.05) is 18.2 Å². The number of fused-ring (bicyclic) bond motifs is 5. The highest BCUT2D eigenvalue weighted by Crippen LogP contribution is 2.54. The van der Waals surface area contributed by atoms with Gasteiger partial charge in [-0.05, 0) is 43.4 Å². The van der Waals surface area contributed by atoms with Crippen LogP contribution in [0.3, 0.4) is 0 Å². The normalized spacial score (nSPS) is 24.9. The first-order valence-electron chi connectivity index (χ1n) is 6.28. The van der Waals surface area contributed by atoms with Crippen LogP contribution in [0.5, 0.6) is 0 Å². The van der Waals surface area contributed by atoms with E-state index in [0.717, 1.165) is 12.8 Å². The van der Waals surface area contributed by atoms with E-state index in [0.29, 0.717) is 6.61 Å². The molecule has 2 aliphatic heterocycles. The molecule has 0 N–H and O–H groups in total. The van der Waals surface area contributed by atoms with Gasteiger partial charge in [0.05, 0.1) is 18.7 Å². The van der Waals surface area contributed by atoms with Crippen LogP contribution in [0.2, 0.25) is 0 Å². The third-order valence-electron chi connectivity index (χ3n) is 3.91. The summed E-state index contributed by atoms with van der Waals surface area (Å²) in [5, 5.41) is 0. The van der Waals surface area contributed by atoms with Gasteiger partial charge < -0.3 is 4.74 Å². The van der Waals surface area contributed by atoms with Crippen molar-refractivity contribution < 1.29 is 9.53 Å². The third kappa shape index (κ3) is 1.38. The summed E-state index contributed by atoms with van der Waals surface area (Å²) >= 11 is 0. The number of aryl methyl sites for hydroxylation is 1. The van der Waals surface area contributed by atoms with Crippen molar-refractivity contribution in [3.05, 3.63) is 34.9 Å². The first-order chi connectivity index (χ1) is 8.24. The van der Waals surface area contributed by atoms with E-state index in [9.17, 15) is 4.79 Å². The van der Waals surface area contributed by atoms with Gasteiger partial charge in [-0.15, -0.1) is 0 Å². The smallest absolute Gasteiger partial charge is 0.410 e. The van der Waals surface area contributed by atoms with Crippen molar-refractivity contribution >= 4 is 6.09 Å². The van der Waals surface area contributed by atoms with Gasteiger partial charge >= 0.3 is 6.09 Å². The van der Waals surface area contributed by atoms with Crippen LogP contribution in [-0.2, 0) is 4.74 Å². The quantitative estimate of drug-likeness (QED) is 0.741. The van der Waals surface area contributed by atoms with Gasteiger partial charge in [-0.25, -0.2) is 4.79 Å². The van der Waals surface area contributed by atoms with E-state index in [1.165, 1.54) is 16.7 Å². The van der Waals surface area contributed by atoms with Crippen LogP contribution in [-0.4, -0.2) is 17.6 Å². The molecule has 0 unspecified atom stereocenters. The molecule has 1 fully saturated rings. The van der Waals surface area contributed by atoms with Crippen molar-refractivity contribution in [2.75, 3.05) is 6.61 Å². The van der Waals surface area contributed by atoms with Crippen LogP contribution in [0.15, 0.2) is 18.2 Å². The average molecular weight is 231 g/mol. The van der Waals surface area contributed by atoms with Gasteiger partial charge in [0.1, 0.15) is 0 Å². The molecule has 3 nitrogen and oxygen atoms in total. The lowest BCUT2D eigenvalue weighted by Gasteiger charge is -2.21. The second kappa shape index (κ2) is 3.76. The Kier molecular flexibility index (Phi) is 2.35. The summed E-state index contributed by atoms with van der Waals surface area (Å²) in [5.41, 5.74) is 3.98. The SMILES string of the molecule is CCOC(=O)N1[C@@H]2CC[C@H]1c1c(C)cccc12. The zero-order valence-electron chi connectivity index (χ0n) is 10.3. The Bertz CT molecular complexity index is 469. The molecule has 90 valence electrons. The van der Waals surface area contributed by atoms with E-state index < -0.39 is 0 Å². The van der Waals surface area contributed by atoms with Crippen molar-refractivity contribution in [1.29, 1.82) is 0 Å². The molecular weight excluding hydrogens is 214 g/mol. The number of rotatable bonds is 1. The molecular formula is C14H17NO2. The minimum atomic E-state index is -0.157. The van der Waals surface area contributed by atoms with E-state index in [1.54, 1.807) is 0 Å². The monoisotopic (exact) mass is 231 g/mol. The van der Waals surface area contributed by atoms with Crippen LogP contribution in [0, 0.1) is 6.92 Å². The van der Waals surface area contributed by atoms with Gasteiger partial charge in [0.2, 0.25) is 0 Å². The zero-order chi connectivity index (χ0) is 12.0. The zero-order valence-corrected chi connectivity index (χ0v) is 10.3. The number of hydrogen-bond acceptors (Lipinski definition) is 2. The number of benzene rings is 1. The number of carbonyl (C=O) groups is 1. The third-order valence-corrected chi connectivity index (χ3v) is 3.91. The van der Waals surface area contributed by atoms with Crippen molar-refractivity contribution in [2.45, 2.75) is 38.8 Å². The molecule has 0 spiro atoms. The Balaban J connectivity index is 2.00. The van der Waals surface area contributed by atoms with Crippen molar-refractivity contribution in [2.24, 2.45) is 0 Å². The lowest BCUT2D eigenvalue weighted by Crippen LogP contribution is -2.28. The van der Waals surface area contributed by atoms with Crippen LogP contribution < -0.4 is 0 Å². The molecule has 2 aliphatic rings. The first-order valence-corrected chi connectivity index (χ1v) is 6.28. The molecule has 0 aliphatic carbocycles. The lowest BCUT2D eigenvalue weighted by atomic mass is 9.89. The first kappa shape index (κ1) is 10.6. The average Bonchev–Trinajstić information content (AvgIpc) is 2.86. The van der Waals surface area contributed by atoms with Crippen LogP contribution >= 0.6 is 0 Å². The molecule has 1 aromatic rings. The molecule has 1 aromatic carbocycles. The minimum Gasteiger partial charge on any atom is -0.450 e. The molecule has 3 heteroatoms. The fourth-order valence-electron chi connectivity index (χ4n) is 3.30. The van der Waals surface area contributed by atoms with Crippen molar-refractivity contribution in [3.8, 4) is 0 Å². The van der Waals surface area contributed by atoms with Gasteiger partial charge in [-0.2, -0.15) is 0 Å². The largest absolute Gasteiger partial charge is 0.450 e. The fraction of sp³-hybridized carbons (Fsp3) is 0.500. The molecule has 17 heavy (non-hydrogen) atoms. The Hall–Kier alpha value is -1.51. The molecule has 1 saturated heterocycles. The number of ether oxygens (including phenoxy) is 1. The van der Waals surface area contributed by atoms with E-state index in [-0.39, 0.29) is 18.2 Å². The molecule has 0 saturated carbocycles. The molecule has 1 amide bonds. The number of amides is 1. The van der Waals surface area contributed by atoms with E-state index in [4.69, 9.17) is 4.74 Å². The van der Waals surface area contributed by atoms with E-state index in [1.807, 2.05) is 11.8 Å². The second-order valence-electron chi connectivity index (χ2n) is 4.79. The number of nitrogens with zero attached hydrogens (tertiary/aromatic N) is 1. The molecule has 3 rings (SSSR count). The molecule has 2 atom stereocenters. The minimum absolute atomic E-state index is 0.157. The van der Waals surface area contributed by atoms with Gasteiger partial charge in [0.25, 0.3) is 0 Å². The van der Waals surface area contributed by atoms with E-state index in [2.05, 4.69) is 25.1 Å². The topological polar surface area (TPSA) is 29.5 Å². The maximum absolute atomic E-state index is 12.0.